The third kappa shape index (κ3) is 9.43. The van der Waals surface area contributed by atoms with Crippen molar-refractivity contribution >= 4 is 17.8 Å². The molecule has 2 heterocycles. The molecule has 1 aliphatic heterocycles. The number of hydrogen-bond donors (Lipinski definition) is 4. The van der Waals surface area contributed by atoms with Crippen molar-refractivity contribution in [2.45, 2.75) is 71.8 Å². The summed E-state index contributed by atoms with van der Waals surface area (Å²) in [5, 5.41) is 25.8. The molecule has 0 aromatic carbocycles. The Kier molecular flexibility index (Phi) is 11.1. The van der Waals surface area contributed by atoms with Crippen LogP contribution in [0.2, 0.25) is 0 Å². The smallest absolute Gasteiger partial charge is 0.328 e. The average molecular weight is 504 g/mol. The van der Waals surface area contributed by atoms with Crippen LogP contribution in [0.1, 0.15) is 57.4 Å². The lowest BCUT2D eigenvalue weighted by Gasteiger charge is -2.27. The van der Waals surface area contributed by atoms with E-state index in [-0.39, 0.29) is 48.7 Å². The first-order valence-electron chi connectivity index (χ1n) is 12.1. The van der Waals surface area contributed by atoms with E-state index in [9.17, 15) is 24.6 Å². The first-order chi connectivity index (χ1) is 17.0. The minimum absolute atomic E-state index is 0.00233. The molecule has 1 aromatic rings. The Morgan fingerprint density at radius 3 is 2.56 bits per heavy atom. The third-order valence-electron chi connectivity index (χ3n) is 5.62. The molecule has 0 spiro atoms. The Hall–Kier alpha value is -3.24. The predicted molar refractivity (Wildman–Crippen MR) is 133 cm³/mol. The summed E-state index contributed by atoms with van der Waals surface area (Å²) in [6.45, 7) is 9.24. The number of nitrogens with one attached hydrogen (secondary N) is 2. The lowest BCUT2D eigenvalue weighted by molar-refractivity contribution is -0.155. The van der Waals surface area contributed by atoms with E-state index in [0.717, 1.165) is 11.8 Å². The molecule has 198 valence electrons. The maximum absolute atomic E-state index is 12.7. The first-order valence-corrected chi connectivity index (χ1v) is 12.1. The Morgan fingerprint density at radius 1 is 1.14 bits per heavy atom. The van der Waals surface area contributed by atoms with Crippen LogP contribution >= 0.6 is 0 Å². The van der Waals surface area contributed by atoms with E-state index in [2.05, 4.69) is 15.6 Å². The zero-order chi connectivity index (χ0) is 26.8. The monoisotopic (exact) mass is 503 g/mol. The normalized spacial score (nSPS) is 30.9. The second kappa shape index (κ2) is 13.7. The van der Waals surface area contributed by atoms with E-state index in [1.165, 1.54) is 13.0 Å². The zero-order valence-corrected chi connectivity index (χ0v) is 21.4. The molecule has 0 fully saturated rings. The lowest BCUT2D eigenvalue weighted by Crippen LogP contribution is -2.42. The van der Waals surface area contributed by atoms with Gasteiger partial charge < -0.3 is 30.0 Å². The van der Waals surface area contributed by atoms with Gasteiger partial charge in [0.25, 0.3) is 5.91 Å². The number of oxazole rings is 1. The molecule has 2 rings (SSSR count). The molecule has 0 unspecified atom stereocenters. The van der Waals surface area contributed by atoms with Crippen molar-refractivity contribution in [2.24, 2.45) is 11.8 Å². The number of esters is 1. The highest BCUT2D eigenvalue weighted by atomic mass is 16.5. The summed E-state index contributed by atoms with van der Waals surface area (Å²) in [5.41, 5.74) is 0.719. The molecule has 4 N–H and O–H groups in total. The Labute approximate surface area is 211 Å². The van der Waals surface area contributed by atoms with Gasteiger partial charge in [0.1, 0.15) is 18.4 Å². The van der Waals surface area contributed by atoms with Crippen molar-refractivity contribution in [1.82, 2.24) is 15.6 Å². The van der Waals surface area contributed by atoms with Crippen LogP contribution in [0.25, 0.3) is 0 Å². The number of aromatic nitrogens is 1. The summed E-state index contributed by atoms with van der Waals surface area (Å²) in [5.74, 6) is -1.70. The molecule has 0 radical (unpaired) electrons. The quantitative estimate of drug-likeness (QED) is 0.424. The zero-order valence-electron chi connectivity index (χ0n) is 21.4. The highest BCUT2D eigenvalue weighted by molar-refractivity contribution is 5.94. The van der Waals surface area contributed by atoms with Gasteiger partial charge in [0.15, 0.2) is 11.6 Å². The van der Waals surface area contributed by atoms with E-state index in [1.807, 2.05) is 20.8 Å². The standard InChI is InChI=1S/C26H37N3O7/c1-15(2)24-17(4)8-9-22(32)27-10-6-7-16(3)11-19(30)12-20(31)13-23-29-21(14-35-23)25(33)28-18(5)26(34)36-24/h6-9,11,14-15,17-20,24,30-31H,10,12-13H2,1-5H3,(H,27,32)(H,28,33)/b7-6+,9-8-,16-11+/t17-,18-,19-,20+,24-/m1/s1. The van der Waals surface area contributed by atoms with Gasteiger partial charge >= 0.3 is 5.97 Å². The fourth-order valence-corrected chi connectivity index (χ4v) is 3.73. The first kappa shape index (κ1) is 29.0. The van der Waals surface area contributed by atoms with Crippen LogP contribution in [0.15, 0.2) is 46.6 Å². The molecule has 2 amide bonds. The molecule has 0 aliphatic carbocycles. The summed E-state index contributed by atoms with van der Waals surface area (Å²) in [7, 11) is 0. The fraction of sp³-hybridized carbons (Fsp3) is 0.538. The Bertz CT molecular complexity index is 995. The van der Waals surface area contributed by atoms with Crippen molar-refractivity contribution in [3.8, 4) is 0 Å². The minimum Gasteiger partial charge on any atom is -0.460 e. The number of nitrogens with zero attached hydrogens (tertiary/aromatic N) is 1. The molecule has 10 nitrogen and oxygen atoms in total. The van der Waals surface area contributed by atoms with Crippen molar-refractivity contribution in [3.63, 3.8) is 0 Å². The lowest BCUT2D eigenvalue weighted by atomic mass is 9.94. The van der Waals surface area contributed by atoms with Crippen molar-refractivity contribution in [3.05, 3.63) is 53.8 Å². The number of ether oxygens (including phenoxy) is 1. The molecule has 5 atom stereocenters. The third-order valence-corrected chi connectivity index (χ3v) is 5.62. The van der Waals surface area contributed by atoms with E-state index >= 15 is 0 Å². The SMILES string of the molecule is CC1=C\[C@@H](O)C[C@H](O)Cc2nc(co2)C(=O)N[C@H](C)C(=O)O[C@H](C(C)C)[C@H](C)/C=C\C(=O)NC\C=C\1. The van der Waals surface area contributed by atoms with Gasteiger partial charge in [-0.1, -0.05) is 50.6 Å². The van der Waals surface area contributed by atoms with Gasteiger partial charge in [0.05, 0.1) is 18.6 Å². The van der Waals surface area contributed by atoms with Crippen LogP contribution in [-0.4, -0.2) is 63.9 Å². The highest BCUT2D eigenvalue weighted by Crippen LogP contribution is 2.19. The van der Waals surface area contributed by atoms with Crippen LogP contribution in [0, 0.1) is 11.8 Å². The Morgan fingerprint density at radius 2 is 1.86 bits per heavy atom. The van der Waals surface area contributed by atoms with Crippen LogP contribution in [0.5, 0.6) is 0 Å². The topological polar surface area (TPSA) is 151 Å². The van der Waals surface area contributed by atoms with Gasteiger partial charge in [-0.05, 0) is 25.8 Å². The molecule has 10 heteroatoms. The predicted octanol–water partition coefficient (Wildman–Crippen LogP) is 1.84. The second-order valence-corrected chi connectivity index (χ2v) is 9.40. The van der Waals surface area contributed by atoms with Crippen LogP contribution in [0.4, 0.5) is 0 Å². The van der Waals surface area contributed by atoms with E-state index in [0.29, 0.717) is 0 Å². The molecular weight excluding hydrogens is 466 g/mol. The number of rotatable bonds is 1. The van der Waals surface area contributed by atoms with Gasteiger partial charge in [-0.25, -0.2) is 9.78 Å². The molecular formula is C26H37N3O7. The highest BCUT2D eigenvalue weighted by Gasteiger charge is 2.28. The molecule has 0 saturated carbocycles. The summed E-state index contributed by atoms with van der Waals surface area (Å²) in [6.07, 6.45) is 6.98. The van der Waals surface area contributed by atoms with Crippen LogP contribution in [-0.2, 0) is 20.7 Å². The van der Waals surface area contributed by atoms with Gasteiger partial charge in [-0.2, -0.15) is 0 Å². The van der Waals surface area contributed by atoms with Gasteiger partial charge in [0, 0.05) is 18.9 Å². The number of aliphatic hydroxyl groups excluding tert-OH is 2. The number of hydrogen-bond acceptors (Lipinski definition) is 8. The molecule has 1 aliphatic rings. The number of fused-ring (bicyclic) bond motifs is 2. The maximum atomic E-state index is 12.7. The van der Waals surface area contributed by atoms with Gasteiger partial charge in [-0.15, -0.1) is 0 Å². The minimum atomic E-state index is -0.959. The van der Waals surface area contributed by atoms with Crippen molar-refractivity contribution in [2.75, 3.05) is 6.54 Å². The van der Waals surface area contributed by atoms with Gasteiger partial charge in [0.2, 0.25) is 5.91 Å². The molecule has 36 heavy (non-hydrogen) atoms. The van der Waals surface area contributed by atoms with Crippen molar-refractivity contribution < 1.29 is 33.8 Å². The number of carbonyl (C=O) groups is 3. The second-order valence-electron chi connectivity index (χ2n) is 9.40. The molecule has 2 bridgehead atoms. The number of amides is 2. The van der Waals surface area contributed by atoms with Crippen LogP contribution in [0.3, 0.4) is 0 Å². The fourth-order valence-electron chi connectivity index (χ4n) is 3.73. The summed E-state index contributed by atoms with van der Waals surface area (Å²) in [4.78, 5) is 41.5. The summed E-state index contributed by atoms with van der Waals surface area (Å²) < 4.78 is 10.9. The van der Waals surface area contributed by atoms with E-state index < -0.39 is 36.2 Å². The Balaban J connectivity index is 2.24. The van der Waals surface area contributed by atoms with E-state index in [1.54, 1.807) is 31.2 Å². The maximum Gasteiger partial charge on any atom is 0.328 e. The molecule has 1 aromatic heterocycles. The van der Waals surface area contributed by atoms with E-state index in [4.69, 9.17) is 9.15 Å². The number of allylic oxidation sites excluding steroid dienone is 2. The summed E-state index contributed by atoms with van der Waals surface area (Å²) >= 11 is 0. The number of aliphatic hydroxyl groups is 2. The number of carbonyl (C=O) groups excluding carboxylic acids is 3. The number of cyclic esters (lactones) is 1. The largest absolute Gasteiger partial charge is 0.460 e. The van der Waals surface area contributed by atoms with Crippen LogP contribution < -0.4 is 10.6 Å². The average Bonchev–Trinajstić information content (AvgIpc) is 3.25. The summed E-state index contributed by atoms with van der Waals surface area (Å²) in [6, 6.07) is -0.956. The van der Waals surface area contributed by atoms with Gasteiger partial charge in [-0.3, -0.25) is 9.59 Å². The van der Waals surface area contributed by atoms with Crippen molar-refractivity contribution in [1.29, 1.82) is 0 Å². The molecule has 0 saturated heterocycles.